The fourth-order valence-corrected chi connectivity index (χ4v) is 2.20. The van der Waals surface area contributed by atoms with Gasteiger partial charge in [0.25, 0.3) is 5.56 Å². The van der Waals surface area contributed by atoms with Gasteiger partial charge in [-0.25, -0.2) is 4.98 Å². The molecule has 0 unspecified atom stereocenters. The molecule has 0 fully saturated rings. The van der Waals surface area contributed by atoms with Gasteiger partial charge in [0, 0.05) is 23.8 Å². The lowest BCUT2D eigenvalue weighted by Crippen LogP contribution is -2.16. The van der Waals surface area contributed by atoms with Gasteiger partial charge >= 0.3 is 0 Å². The van der Waals surface area contributed by atoms with Crippen LogP contribution in [0.2, 0.25) is 0 Å². The van der Waals surface area contributed by atoms with Crippen LogP contribution < -0.4 is 10.9 Å². The van der Waals surface area contributed by atoms with Crippen LogP contribution in [0, 0.1) is 6.92 Å². The Kier molecular flexibility index (Phi) is 3.31. The third-order valence-electron chi connectivity index (χ3n) is 3.31. The number of fused-ring (bicyclic) bond motifs is 1. The summed E-state index contributed by atoms with van der Waals surface area (Å²) in [7, 11) is 0. The molecule has 3 N–H and O–H groups in total. The summed E-state index contributed by atoms with van der Waals surface area (Å²) in [5.41, 5.74) is 2.37. The van der Waals surface area contributed by atoms with Gasteiger partial charge in [0.05, 0.1) is 0 Å². The molecule has 1 aromatic carbocycles. The zero-order valence-corrected chi connectivity index (χ0v) is 11.6. The monoisotopic (exact) mass is 281 g/mol. The number of hydrogen-bond donors (Lipinski definition) is 3. The van der Waals surface area contributed by atoms with Crippen molar-refractivity contribution >= 4 is 16.7 Å². The van der Waals surface area contributed by atoms with E-state index in [-0.39, 0.29) is 11.3 Å². The minimum absolute atomic E-state index is 0.0605. The van der Waals surface area contributed by atoms with Crippen molar-refractivity contribution in [3.05, 3.63) is 64.1 Å². The SMILES string of the molecule is Cc1ccc2cc(CNc3ncccc3O)c(=O)[nH]c2c1. The van der Waals surface area contributed by atoms with Gasteiger partial charge in [-0.1, -0.05) is 12.1 Å². The maximum absolute atomic E-state index is 12.1. The number of aromatic nitrogens is 2. The van der Waals surface area contributed by atoms with Gasteiger partial charge in [0.15, 0.2) is 11.6 Å². The van der Waals surface area contributed by atoms with Crippen LogP contribution in [0.15, 0.2) is 47.4 Å². The molecule has 2 heterocycles. The standard InChI is InChI=1S/C16H15N3O2/c1-10-4-5-11-8-12(16(21)19-13(11)7-10)9-18-15-14(20)3-2-6-17-15/h2-8,20H,9H2,1H3,(H,17,18)(H,19,21). The first-order chi connectivity index (χ1) is 10.1. The number of pyridine rings is 2. The molecule has 0 bridgehead atoms. The lowest BCUT2D eigenvalue weighted by Gasteiger charge is -2.08. The molecule has 0 aliphatic heterocycles. The second-order valence-electron chi connectivity index (χ2n) is 4.94. The van der Waals surface area contributed by atoms with Gasteiger partial charge in [0.2, 0.25) is 0 Å². The Labute approximate surface area is 121 Å². The van der Waals surface area contributed by atoms with Crippen LogP contribution in [0.3, 0.4) is 0 Å². The minimum Gasteiger partial charge on any atom is -0.504 e. The molecule has 0 amide bonds. The Balaban J connectivity index is 1.91. The molecule has 0 atom stereocenters. The zero-order chi connectivity index (χ0) is 14.8. The molecule has 3 rings (SSSR count). The fourth-order valence-electron chi connectivity index (χ4n) is 2.20. The number of nitrogens with one attached hydrogen (secondary N) is 2. The van der Waals surface area contributed by atoms with Crippen molar-refractivity contribution in [3.63, 3.8) is 0 Å². The Hall–Kier alpha value is -2.82. The van der Waals surface area contributed by atoms with Gasteiger partial charge < -0.3 is 15.4 Å². The lowest BCUT2D eigenvalue weighted by atomic mass is 10.1. The summed E-state index contributed by atoms with van der Waals surface area (Å²) in [6, 6.07) is 11.0. The number of aromatic hydroxyl groups is 1. The molecule has 0 aliphatic carbocycles. The summed E-state index contributed by atoms with van der Waals surface area (Å²) in [6.45, 7) is 2.28. The smallest absolute Gasteiger partial charge is 0.253 e. The number of anilines is 1. The van der Waals surface area contributed by atoms with E-state index in [9.17, 15) is 9.90 Å². The van der Waals surface area contributed by atoms with Gasteiger partial charge in [-0.3, -0.25) is 4.79 Å². The summed E-state index contributed by atoms with van der Waals surface area (Å²) >= 11 is 0. The molecule has 0 spiro atoms. The Morgan fingerprint density at radius 2 is 2.14 bits per heavy atom. The first-order valence-corrected chi connectivity index (χ1v) is 6.64. The van der Waals surface area contributed by atoms with Crippen molar-refractivity contribution in [2.45, 2.75) is 13.5 Å². The molecule has 106 valence electrons. The van der Waals surface area contributed by atoms with Crippen molar-refractivity contribution in [1.82, 2.24) is 9.97 Å². The number of nitrogens with zero attached hydrogens (tertiary/aromatic N) is 1. The molecular formula is C16H15N3O2. The number of benzene rings is 1. The van der Waals surface area contributed by atoms with E-state index in [0.717, 1.165) is 16.5 Å². The van der Waals surface area contributed by atoms with E-state index < -0.39 is 0 Å². The molecule has 5 nitrogen and oxygen atoms in total. The Bertz CT molecular complexity index is 856. The second-order valence-corrected chi connectivity index (χ2v) is 4.94. The quantitative estimate of drug-likeness (QED) is 0.689. The fraction of sp³-hybridized carbons (Fsp3) is 0.125. The maximum Gasteiger partial charge on any atom is 0.253 e. The van der Waals surface area contributed by atoms with Crippen LogP contribution in [0.5, 0.6) is 5.75 Å². The van der Waals surface area contributed by atoms with Crippen molar-refractivity contribution in [2.75, 3.05) is 5.32 Å². The third-order valence-corrected chi connectivity index (χ3v) is 3.31. The Morgan fingerprint density at radius 3 is 2.95 bits per heavy atom. The summed E-state index contributed by atoms with van der Waals surface area (Å²) in [5, 5.41) is 13.6. The normalized spacial score (nSPS) is 10.7. The molecule has 0 saturated heterocycles. The first-order valence-electron chi connectivity index (χ1n) is 6.64. The van der Waals surface area contributed by atoms with Gasteiger partial charge in [-0.05, 0) is 42.1 Å². The van der Waals surface area contributed by atoms with Gasteiger partial charge in [-0.15, -0.1) is 0 Å². The summed E-state index contributed by atoms with van der Waals surface area (Å²) in [6.07, 6.45) is 1.58. The van der Waals surface area contributed by atoms with Crippen molar-refractivity contribution in [1.29, 1.82) is 0 Å². The van der Waals surface area contributed by atoms with E-state index in [1.54, 1.807) is 18.3 Å². The first kappa shape index (κ1) is 13.2. The van der Waals surface area contributed by atoms with Crippen molar-refractivity contribution < 1.29 is 5.11 Å². The van der Waals surface area contributed by atoms with Crippen molar-refractivity contribution in [3.8, 4) is 5.75 Å². The zero-order valence-electron chi connectivity index (χ0n) is 11.6. The van der Waals surface area contributed by atoms with Crippen LogP contribution in [-0.2, 0) is 6.54 Å². The number of H-pyrrole nitrogens is 1. The molecule has 0 aliphatic rings. The van der Waals surface area contributed by atoms with Crippen LogP contribution in [-0.4, -0.2) is 15.1 Å². The summed E-state index contributed by atoms with van der Waals surface area (Å²) in [4.78, 5) is 19.0. The number of aryl methyl sites for hydroxylation is 1. The van der Waals surface area contributed by atoms with E-state index >= 15 is 0 Å². The number of rotatable bonds is 3. The topological polar surface area (TPSA) is 78.0 Å². The highest BCUT2D eigenvalue weighted by molar-refractivity contribution is 5.79. The maximum atomic E-state index is 12.1. The molecular weight excluding hydrogens is 266 g/mol. The van der Waals surface area contributed by atoms with E-state index in [0.29, 0.717) is 17.9 Å². The molecule has 21 heavy (non-hydrogen) atoms. The predicted octanol–water partition coefficient (Wildman–Crippen LogP) is 2.55. The lowest BCUT2D eigenvalue weighted by molar-refractivity contribution is 0.475. The van der Waals surface area contributed by atoms with E-state index in [2.05, 4.69) is 15.3 Å². The highest BCUT2D eigenvalue weighted by atomic mass is 16.3. The Morgan fingerprint density at radius 1 is 1.29 bits per heavy atom. The van der Waals surface area contributed by atoms with E-state index in [1.807, 2.05) is 31.2 Å². The van der Waals surface area contributed by atoms with Crippen LogP contribution in [0.25, 0.3) is 10.9 Å². The molecule has 2 aromatic heterocycles. The van der Waals surface area contributed by atoms with Gasteiger partial charge in [-0.2, -0.15) is 0 Å². The highest BCUT2D eigenvalue weighted by Gasteiger charge is 2.05. The van der Waals surface area contributed by atoms with Gasteiger partial charge in [0.1, 0.15) is 0 Å². The average molecular weight is 281 g/mol. The van der Waals surface area contributed by atoms with Crippen LogP contribution in [0.1, 0.15) is 11.1 Å². The number of hydrogen-bond acceptors (Lipinski definition) is 4. The van der Waals surface area contributed by atoms with E-state index in [1.165, 1.54) is 0 Å². The predicted molar refractivity (Wildman–Crippen MR) is 82.5 cm³/mol. The molecule has 3 aromatic rings. The summed E-state index contributed by atoms with van der Waals surface area (Å²) < 4.78 is 0. The molecule has 5 heteroatoms. The second kappa shape index (κ2) is 5.28. The van der Waals surface area contributed by atoms with E-state index in [4.69, 9.17) is 0 Å². The summed E-state index contributed by atoms with van der Waals surface area (Å²) in [5.74, 6) is 0.422. The molecule has 0 radical (unpaired) electrons. The van der Waals surface area contributed by atoms with Crippen LogP contribution in [0.4, 0.5) is 5.82 Å². The number of aromatic amines is 1. The molecule has 0 saturated carbocycles. The highest BCUT2D eigenvalue weighted by Crippen LogP contribution is 2.19. The third kappa shape index (κ3) is 2.72. The average Bonchev–Trinajstić information content (AvgIpc) is 2.46. The minimum atomic E-state index is -0.143. The van der Waals surface area contributed by atoms with Crippen LogP contribution >= 0.6 is 0 Å². The van der Waals surface area contributed by atoms with Crippen molar-refractivity contribution in [2.24, 2.45) is 0 Å². The largest absolute Gasteiger partial charge is 0.504 e.